The van der Waals surface area contributed by atoms with Gasteiger partial charge in [-0.25, -0.2) is 4.68 Å². The number of halogens is 2. The minimum atomic E-state index is -2.47. The van der Waals surface area contributed by atoms with Crippen molar-refractivity contribution in [3.63, 3.8) is 0 Å². The van der Waals surface area contributed by atoms with Gasteiger partial charge < -0.3 is 15.7 Å². The summed E-state index contributed by atoms with van der Waals surface area (Å²) in [6.45, 7) is 1.95. The maximum atomic E-state index is 12.6. The Bertz CT molecular complexity index is 1150. The van der Waals surface area contributed by atoms with Gasteiger partial charge in [-0.1, -0.05) is 30.0 Å². The SMILES string of the molecule is C[C@H](O)CNc1nc(Nc2ccc(SC(F)F)cc2)c2cnn(-c3ccccc3)c2n1. The van der Waals surface area contributed by atoms with Crippen LogP contribution in [0.2, 0.25) is 0 Å². The fraction of sp³-hybridized carbons (Fsp3) is 0.190. The lowest BCUT2D eigenvalue weighted by Gasteiger charge is -2.12. The molecule has 0 amide bonds. The Morgan fingerprint density at radius 2 is 1.81 bits per heavy atom. The number of thioether (sulfide) groups is 1. The summed E-state index contributed by atoms with van der Waals surface area (Å²) < 4.78 is 26.8. The highest BCUT2D eigenvalue weighted by atomic mass is 32.2. The van der Waals surface area contributed by atoms with Crippen molar-refractivity contribution in [2.75, 3.05) is 17.2 Å². The first-order chi connectivity index (χ1) is 15.0. The van der Waals surface area contributed by atoms with Gasteiger partial charge in [-0.3, -0.25) is 0 Å². The molecule has 3 N–H and O–H groups in total. The molecule has 0 aliphatic rings. The minimum Gasteiger partial charge on any atom is -0.392 e. The number of nitrogens with one attached hydrogen (secondary N) is 2. The summed E-state index contributed by atoms with van der Waals surface area (Å²) in [5, 5.41) is 21.0. The van der Waals surface area contributed by atoms with Crippen molar-refractivity contribution in [2.24, 2.45) is 0 Å². The predicted octanol–water partition coefficient (Wildman–Crippen LogP) is 4.67. The van der Waals surface area contributed by atoms with Crippen molar-refractivity contribution in [2.45, 2.75) is 23.7 Å². The Labute approximate surface area is 181 Å². The van der Waals surface area contributed by atoms with E-state index in [2.05, 4.69) is 25.7 Å². The molecular weight excluding hydrogens is 422 g/mol. The van der Waals surface area contributed by atoms with Crippen LogP contribution in [-0.2, 0) is 0 Å². The number of fused-ring (bicyclic) bond motifs is 1. The van der Waals surface area contributed by atoms with E-state index in [1.165, 1.54) is 0 Å². The third-order valence-electron chi connectivity index (χ3n) is 4.33. The topological polar surface area (TPSA) is 87.9 Å². The van der Waals surface area contributed by atoms with Crippen LogP contribution in [-0.4, -0.2) is 43.3 Å². The molecule has 4 aromatic rings. The van der Waals surface area contributed by atoms with Gasteiger partial charge in [-0.15, -0.1) is 0 Å². The molecule has 0 saturated heterocycles. The molecule has 2 aromatic heterocycles. The highest BCUT2D eigenvalue weighted by molar-refractivity contribution is 7.99. The third kappa shape index (κ3) is 5.09. The second-order valence-corrected chi connectivity index (χ2v) is 7.85. The monoisotopic (exact) mass is 442 g/mol. The van der Waals surface area contributed by atoms with Crippen molar-refractivity contribution < 1.29 is 13.9 Å². The van der Waals surface area contributed by atoms with Gasteiger partial charge in [0, 0.05) is 17.1 Å². The van der Waals surface area contributed by atoms with Crippen LogP contribution in [0.4, 0.5) is 26.2 Å². The predicted molar refractivity (Wildman–Crippen MR) is 118 cm³/mol. The number of nitrogens with zero attached hydrogens (tertiary/aromatic N) is 4. The number of benzene rings is 2. The largest absolute Gasteiger partial charge is 0.392 e. The molecule has 1 atom stereocenters. The average molecular weight is 442 g/mol. The molecule has 0 spiro atoms. The van der Waals surface area contributed by atoms with Gasteiger partial charge in [-0.2, -0.15) is 23.8 Å². The van der Waals surface area contributed by atoms with Crippen molar-refractivity contribution >= 4 is 40.2 Å². The first-order valence-corrected chi connectivity index (χ1v) is 10.4. The molecule has 0 fully saturated rings. The Morgan fingerprint density at radius 1 is 1.06 bits per heavy atom. The zero-order valence-corrected chi connectivity index (χ0v) is 17.4. The number of aliphatic hydroxyl groups is 1. The molecule has 0 aliphatic heterocycles. The van der Waals surface area contributed by atoms with Gasteiger partial charge in [0.2, 0.25) is 5.95 Å². The van der Waals surface area contributed by atoms with Gasteiger partial charge in [0.25, 0.3) is 5.76 Å². The summed E-state index contributed by atoms with van der Waals surface area (Å²) in [5.74, 6) is -1.63. The first-order valence-electron chi connectivity index (χ1n) is 9.54. The second-order valence-electron chi connectivity index (χ2n) is 6.78. The Morgan fingerprint density at radius 3 is 2.48 bits per heavy atom. The zero-order valence-electron chi connectivity index (χ0n) is 16.5. The molecule has 10 heteroatoms. The Hall–Kier alpha value is -3.24. The van der Waals surface area contributed by atoms with Crippen molar-refractivity contribution in [3.05, 3.63) is 60.8 Å². The van der Waals surface area contributed by atoms with Crippen LogP contribution in [0.15, 0.2) is 65.7 Å². The number of alkyl halides is 2. The molecule has 0 bridgehead atoms. The lowest BCUT2D eigenvalue weighted by molar-refractivity contribution is 0.208. The minimum absolute atomic E-state index is 0.282. The van der Waals surface area contributed by atoms with E-state index in [-0.39, 0.29) is 6.54 Å². The number of aromatic nitrogens is 4. The number of hydrogen-bond donors (Lipinski definition) is 3. The van der Waals surface area contributed by atoms with Crippen molar-refractivity contribution in [3.8, 4) is 5.69 Å². The van der Waals surface area contributed by atoms with Crippen LogP contribution < -0.4 is 10.6 Å². The molecule has 31 heavy (non-hydrogen) atoms. The van der Waals surface area contributed by atoms with Crippen LogP contribution in [0.25, 0.3) is 16.7 Å². The van der Waals surface area contributed by atoms with Crippen LogP contribution in [0.3, 0.4) is 0 Å². The fourth-order valence-electron chi connectivity index (χ4n) is 2.94. The highest BCUT2D eigenvalue weighted by Gasteiger charge is 2.15. The average Bonchev–Trinajstić information content (AvgIpc) is 3.18. The van der Waals surface area contributed by atoms with E-state index in [1.54, 1.807) is 42.1 Å². The molecule has 2 aromatic carbocycles. The van der Waals surface area contributed by atoms with Gasteiger partial charge in [0.1, 0.15) is 5.82 Å². The maximum absolute atomic E-state index is 12.6. The maximum Gasteiger partial charge on any atom is 0.288 e. The zero-order chi connectivity index (χ0) is 21.8. The Kier molecular flexibility index (Phi) is 6.28. The van der Waals surface area contributed by atoms with Crippen molar-refractivity contribution in [1.29, 1.82) is 0 Å². The summed E-state index contributed by atoms with van der Waals surface area (Å²) in [5.41, 5.74) is 2.12. The first kappa shape index (κ1) is 21.0. The molecule has 2 heterocycles. The summed E-state index contributed by atoms with van der Waals surface area (Å²) in [6.07, 6.45) is 1.10. The standard InChI is InChI=1S/C21H20F2N6OS/c1-13(30)11-24-21-27-18(26-14-7-9-16(10-8-14)31-20(22)23)17-12-25-29(19(17)28-21)15-5-3-2-4-6-15/h2-10,12-13,20,30H,11H2,1H3,(H2,24,26,27,28)/t13-/m0/s1. The third-order valence-corrected chi connectivity index (χ3v) is 5.05. The molecule has 0 unspecified atom stereocenters. The number of aliphatic hydroxyl groups excluding tert-OH is 1. The fourth-order valence-corrected chi connectivity index (χ4v) is 3.43. The van der Waals surface area contributed by atoms with Crippen LogP contribution >= 0.6 is 11.8 Å². The number of rotatable bonds is 8. The summed E-state index contributed by atoms with van der Waals surface area (Å²) in [6, 6.07) is 16.3. The van der Waals surface area contributed by atoms with E-state index in [0.29, 0.717) is 45.1 Å². The molecular formula is C21H20F2N6OS. The van der Waals surface area contributed by atoms with Gasteiger partial charge in [0.05, 0.1) is 23.4 Å². The molecule has 7 nitrogen and oxygen atoms in total. The van der Waals surface area contributed by atoms with E-state index in [1.807, 2.05) is 30.3 Å². The smallest absolute Gasteiger partial charge is 0.288 e. The summed E-state index contributed by atoms with van der Waals surface area (Å²) in [4.78, 5) is 9.57. The van der Waals surface area contributed by atoms with Crippen LogP contribution in [0.5, 0.6) is 0 Å². The van der Waals surface area contributed by atoms with E-state index in [4.69, 9.17) is 0 Å². The molecule has 4 rings (SSSR count). The summed E-state index contributed by atoms with van der Waals surface area (Å²) >= 11 is 0.495. The Balaban J connectivity index is 1.71. The lowest BCUT2D eigenvalue weighted by Crippen LogP contribution is -2.17. The van der Waals surface area contributed by atoms with E-state index >= 15 is 0 Å². The van der Waals surface area contributed by atoms with Gasteiger partial charge in [0.15, 0.2) is 5.65 Å². The number of hydrogen-bond acceptors (Lipinski definition) is 7. The van der Waals surface area contributed by atoms with Gasteiger partial charge in [-0.05, 0) is 43.3 Å². The second kappa shape index (κ2) is 9.27. The molecule has 0 radical (unpaired) electrons. The molecule has 0 saturated carbocycles. The van der Waals surface area contributed by atoms with E-state index in [9.17, 15) is 13.9 Å². The number of anilines is 3. The van der Waals surface area contributed by atoms with E-state index < -0.39 is 11.9 Å². The quantitative estimate of drug-likeness (QED) is 0.342. The van der Waals surface area contributed by atoms with Crippen LogP contribution in [0.1, 0.15) is 6.92 Å². The molecule has 0 aliphatic carbocycles. The normalized spacial score (nSPS) is 12.3. The molecule has 160 valence electrons. The van der Waals surface area contributed by atoms with E-state index in [0.717, 1.165) is 5.69 Å². The van der Waals surface area contributed by atoms with Crippen molar-refractivity contribution in [1.82, 2.24) is 19.7 Å². The van der Waals surface area contributed by atoms with Crippen LogP contribution in [0, 0.1) is 0 Å². The lowest BCUT2D eigenvalue weighted by atomic mass is 10.3. The number of para-hydroxylation sites is 1. The van der Waals surface area contributed by atoms with Gasteiger partial charge >= 0.3 is 0 Å². The summed E-state index contributed by atoms with van der Waals surface area (Å²) in [7, 11) is 0. The highest BCUT2D eigenvalue weighted by Crippen LogP contribution is 2.29.